The highest BCUT2D eigenvalue weighted by Crippen LogP contribution is 2.31. The van der Waals surface area contributed by atoms with E-state index in [1.807, 2.05) is 0 Å². The number of aromatic nitrogens is 1. The molecule has 0 saturated heterocycles. The van der Waals surface area contributed by atoms with E-state index in [4.69, 9.17) is 5.14 Å². The first-order chi connectivity index (χ1) is 12.9. The molecular weight excluding hydrogens is 411 g/mol. The molecular formula is C16H9F5N2O4S. The van der Waals surface area contributed by atoms with Crippen LogP contribution >= 0.6 is 0 Å². The van der Waals surface area contributed by atoms with Crippen molar-refractivity contribution in [2.75, 3.05) is 0 Å². The third-order valence-electron chi connectivity index (χ3n) is 3.75. The Labute approximate surface area is 153 Å². The van der Waals surface area contributed by atoms with E-state index in [1.54, 1.807) is 0 Å². The summed E-state index contributed by atoms with van der Waals surface area (Å²) in [7, 11) is -4.54. The van der Waals surface area contributed by atoms with E-state index in [0.29, 0.717) is 28.8 Å². The Kier molecular flexibility index (Phi) is 4.63. The van der Waals surface area contributed by atoms with Crippen molar-refractivity contribution in [3.8, 4) is 16.9 Å². The highest BCUT2D eigenvalue weighted by Gasteiger charge is 2.30. The predicted molar refractivity (Wildman–Crippen MR) is 86.0 cm³/mol. The van der Waals surface area contributed by atoms with E-state index in [0.717, 1.165) is 18.4 Å². The second-order valence-electron chi connectivity index (χ2n) is 5.57. The van der Waals surface area contributed by atoms with Crippen molar-refractivity contribution in [1.29, 1.82) is 0 Å². The Balaban J connectivity index is 2.17. The van der Waals surface area contributed by atoms with Crippen LogP contribution in [0.5, 0.6) is 0 Å². The molecule has 3 aromatic rings. The minimum absolute atomic E-state index is 0.114. The molecule has 28 heavy (non-hydrogen) atoms. The summed E-state index contributed by atoms with van der Waals surface area (Å²) in [6.07, 6.45) is -3.85. The minimum Gasteiger partial charge on any atom is -0.415 e. The second kappa shape index (κ2) is 6.56. The van der Waals surface area contributed by atoms with Gasteiger partial charge in [-0.3, -0.25) is 0 Å². The van der Waals surface area contributed by atoms with Gasteiger partial charge in [-0.1, -0.05) is 0 Å². The SMILES string of the molecule is NS(=O)(=O)c1cc(F)c(-c2coc(=O)n2-c2ccc(C(F)(F)F)cc2)cc1F. The van der Waals surface area contributed by atoms with Crippen LogP contribution in [0.25, 0.3) is 16.9 Å². The van der Waals surface area contributed by atoms with Crippen molar-refractivity contribution in [2.24, 2.45) is 5.14 Å². The van der Waals surface area contributed by atoms with Gasteiger partial charge >= 0.3 is 11.9 Å². The van der Waals surface area contributed by atoms with Crippen LogP contribution in [0.15, 0.2) is 56.8 Å². The van der Waals surface area contributed by atoms with Crippen molar-refractivity contribution in [3.05, 3.63) is 70.4 Å². The van der Waals surface area contributed by atoms with E-state index >= 15 is 0 Å². The smallest absolute Gasteiger partial charge is 0.415 e. The molecule has 0 unspecified atom stereocenters. The molecule has 0 saturated carbocycles. The Bertz CT molecular complexity index is 1210. The number of hydrogen-bond donors (Lipinski definition) is 1. The third kappa shape index (κ3) is 3.55. The summed E-state index contributed by atoms with van der Waals surface area (Å²) in [4.78, 5) is 10.9. The Hall–Kier alpha value is -2.99. The zero-order valence-corrected chi connectivity index (χ0v) is 14.3. The average molecular weight is 420 g/mol. The first kappa shape index (κ1) is 19.8. The van der Waals surface area contributed by atoms with Crippen molar-refractivity contribution < 1.29 is 34.8 Å². The predicted octanol–water partition coefficient (Wildman–Crippen LogP) is 3.04. The molecule has 0 radical (unpaired) electrons. The summed E-state index contributed by atoms with van der Waals surface area (Å²) in [6, 6.07) is 4.08. The first-order valence-electron chi connectivity index (χ1n) is 7.30. The van der Waals surface area contributed by atoms with Crippen LogP contribution in [0.2, 0.25) is 0 Å². The second-order valence-corrected chi connectivity index (χ2v) is 7.10. The summed E-state index contributed by atoms with van der Waals surface area (Å²) < 4.78 is 94.4. The molecule has 1 heterocycles. The van der Waals surface area contributed by atoms with E-state index in [9.17, 15) is 35.2 Å². The molecule has 1 aromatic heterocycles. The number of sulfonamides is 1. The third-order valence-corrected chi connectivity index (χ3v) is 4.68. The van der Waals surface area contributed by atoms with Gasteiger partial charge in [-0.2, -0.15) is 13.2 Å². The molecule has 0 aliphatic heterocycles. The number of hydrogen-bond acceptors (Lipinski definition) is 4. The van der Waals surface area contributed by atoms with E-state index in [1.165, 1.54) is 0 Å². The molecule has 12 heteroatoms. The molecule has 0 fully saturated rings. The topological polar surface area (TPSA) is 95.3 Å². The number of benzene rings is 2. The van der Waals surface area contributed by atoms with Gasteiger partial charge in [0, 0.05) is 5.56 Å². The number of halogens is 5. The van der Waals surface area contributed by atoms with Crippen LogP contribution in [0.3, 0.4) is 0 Å². The lowest BCUT2D eigenvalue weighted by Crippen LogP contribution is -2.16. The lowest BCUT2D eigenvalue weighted by molar-refractivity contribution is -0.137. The van der Waals surface area contributed by atoms with Gasteiger partial charge < -0.3 is 4.42 Å². The molecule has 2 N–H and O–H groups in total. The van der Waals surface area contributed by atoms with E-state index in [2.05, 4.69) is 4.42 Å². The van der Waals surface area contributed by atoms with Crippen LogP contribution in [0, 0.1) is 11.6 Å². The van der Waals surface area contributed by atoms with Gasteiger partial charge in [-0.25, -0.2) is 31.7 Å². The highest BCUT2D eigenvalue weighted by molar-refractivity contribution is 7.89. The zero-order valence-electron chi connectivity index (χ0n) is 13.5. The average Bonchev–Trinajstić information content (AvgIpc) is 2.96. The fourth-order valence-electron chi connectivity index (χ4n) is 2.48. The summed E-state index contributed by atoms with van der Waals surface area (Å²) >= 11 is 0. The van der Waals surface area contributed by atoms with Gasteiger partial charge in [-0.05, 0) is 36.4 Å². The summed E-state index contributed by atoms with van der Waals surface area (Å²) in [5.41, 5.74) is -2.00. The Morgan fingerprint density at radius 1 is 1.00 bits per heavy atom. The van der Waals surface area contributed by atoms with Crippen LogP contribution < -0.4 is 10.9 Å². The van der Waals surface area contributed by atoms with Crippen LogP contribution in [-0.2, 0) is 16.2 Å². The van der Waals surface area contributed by atoms with Gasteiger partial charge in [0.15, 0.2) is 0 Å². The molecule has 0 aliphatic carbocycles. The minimum atomic E-state index is -4.61. The normalized spacial score (nSPS) is 12.4. The van der Waals surface area contributed by atoms with Crippen LogP contribution in [0.1, 0.15) is 5.56 Å². The summed E-state index contributed by atoms with van der Waals surface area (Å²) in [5.74, 6) is -3.71. The maximum absolute atomic E-state index is 14.4. The fourth-order valence-corrected chi connectivity index (χ4v) is 3.08. The number of rotatable bonds is 3. The van der Waals surface area contributed by atoms with Crippen LogP contribution in [0.4, 0.5) is 22.0 Å². The highest BCUT2D eigenvalue weighted by atomic mass is 32.2. The molecule has 0 bridgehead atoms. The number of nitrogens with zero attached hydrogens (tertiary/aromatic N) is 1. The fraction of sp³-hybridized carbons (Fsp3) is 0.0625. The molecule has 0 spiro atoms. The first-order valence-corrected chi connectivity index (χ1v) is 8.84. The molecule has 0 aliphatic rings. The lowest BCUT2D eigenvalue weighted by atomic mass is 10.1. The quantitative estimate of drug-likeness (QED) is 0.659. The monoisotopic (exact) mass is 420 g/mol. The molecule has 2 aromatic carbocycles. The Morgan fingerprint density at radius 2 is 1.61 bits per heavy atom. The van der Waals surface area contributed by atoms with Crippen molar-refractivity contribution in [2.45, 2.75) is 11.1 Å². The summed E-state index contributed by atoms with van der Waals surface area (Å²) in [5, 5.41) is 4.79. The maximum atomic E-state index is 14.4. The maximum Gasteiger partial charge on any atom is 0.424 e. The van der Waals surface area contributed by atoms with Gasteiger partial charge in [-0.15, -0.1) is 0 Å². The van der Waals surface area contributed by atoms with Crippen LogP contribution in [-0.4, -0.2) is 13.0 Å². The Morgan fingerprint density at radius 3 is 2.14 bits per heavy atom. The molecule has 0 atom stereocenters. The number of nitrogens with two attached hydrogens (primary N) is 1. The van der Waals surface area contributed by atoms with Gasteiger partial charge in [0.2, 0.25) is 10.0 Å². The van der Waals surface area contributed by atoms with E-state index < -0.39 is 49.6 Å². The largest absolute Gasteiger partial charge is 0.424 e. The molecule has 6 nitrogen and oxygen atoms in total. The number of alkyl halides is 3. The number of oxazole rings is 1. The van der Waals surface area contributed by atoms with Gasteiger partial charge in [0.1, 0.15) is 22.8 Å². The van der Waals surface area contributed by atoms with Crippen molar-refractivity contribution >= 4 is 10.0 Å². The summed E-state index contributed by atoms with van der Waals surface area (Å²) in [6.45, 7) is 0. The lowest BCUT2D eigenvalue weighted by Gasteiger charge is -2.11. The van der Waals surface area contributed by atoms with E-state index in [-0.39, 0.29) is 11.4 Å². The molecule has 148 valence electrons. The molecule has 0 amide bonds. The number of primary sulfonamides is 1. The van der Waals surface area contributed by atoms with Crippen molar-refractivity contribution in [1.82, 2.24) is 4.57 Å². The standard InChI is InChI=1S/C16H9F5N2O4S/c17-11-6-14(28(22,25)26)12(18)5-10(11)13-7-27-15(24)23(13)9-3-1-8(2-4-9)16(19,20)21/h1-7H,(H2,22,25,26). The van der Waals surface area contributed by atoms with Crippen molar-refractivity contribution in [3.63, 3.8) is 0 Å². The molecule has 3 rings (SSSR count). The van der Waals surface area contributed by atoms with Gasteiger partial charge in [0.25, 0.3) is 0 Å². The zero-order chi connectivity index (χ0) is 20.9. The van der Waals surface area contributed by atoms with Gasteiger partial charge in [0.05, 0.1) is 16.9 Å².